The summed E-state index contributed by atoms with van der Waals surface area (Å²) < 4.78 is 40.4. The molecule has 1 aliphatic carbocycles. The maximum Gasteiger partial charge on any atom is 0.303 e. The summed E-state index contributed by atoms with van der Waals surface area (Å²) in [7, 11) is 0. The van der Waals surface area contributed by atoms with Crippen LogP contribution in [0.2, 0.25) is 0 Å². The highest BCUT2D eigenvalue weighted by molar-refractivity contribution is 5.66. The minimum Gasteiger partial charge on any atom is -0.481 e. The summed E-state index contributed by atoms with van der Waals surface area (Å²) >= 11 is 0. The molecular weight excluding hydrogens is 515 g/mol. The minimum absolute atomic E-state index is 0.0515. The van der Waals surface area contributed by atoms with Gasteiger partial charge < -0.3 is 29.2 Å². The van der Waals surface area contributed by atoms with E-state index in [2.05, 4.69) is 26.8 Å². The lowest BCUT2D eigenvalue weighted by molar-refractivity contribution is -0.198. The zero-order chi connectivity index (χ0) is 29.0. The summed E-state index contributed by atoms with van der Waals surface area (Å²) in [6.07, 6.45) is 14.1. The Morgan fingerprint density at radius 2 is 1.77 bits per heavy atom. The lowest BCUT2D eigenvalue weighted by Crippen LogP contribution is -2.37. The van der Waals surface area contributed by atoms with Gasteiger partial charge in [-0.15, -0.1) is 0 Å². The number of rotatable bonds is 16. The molecule has 2 N–H and O–H groups in total. The molecule has 40 heavy (non-hydrogen) atoms. The lowest BCUT2D eigenvalue weighted by atomic mass is 9.80. The molecule has 8 heteroatoms. The van der Waals surface area contributed by atoms with Gasteiger partial charge in [-0.2, -0.15) is 0 Å². The van der Waals surface area contributed by atoms with Crippen molar-refractivity contribution >= 4 is 5.97 Å². The van der Waals surface area contributed by atoms with Crippen LogP contribution in [0.25, 0.3) is 0 Å². The Bertz CT molecular complexity index is 788. The molecule has 0 radical (unpaired) electrons. The number of alkyl halides is 1. The highest BCUT2D eigenvalue weighted by Crippen LogP contribution is 2.42. The van der Waals surface area contributed by atoms with Gasteiger partial charge in [0.25, 0.3) is 0 Å². The molecule has 3 fully saturated rings. The third-order valence-corrected chi connectivity index (χ3v) is 8.59. The molecule has 2 aliphatic heterocycles. The number of allylic oxidation sites excluding steroid dienone is 2. The molecule has 2 unspecified atom stereocenters. The van der Waals surface area contributed by atoms with Gasteiger partial charge in [-0.25, -0.2) is 4.39 Å². The molecule has 2 saturated heterocycles. The van der Waals surface area contributed by atoms with E-state index in [1.54, 1.807) is 6.08 Å². The zero-order valence-electron chi connectivity index (χ0n) is 24.8. The fourth-order valence-electron chi connectivity index (χ4n) is 6.09. The molecule has 3 aliphatic rings. The molecule has 3 rings (SSSR count). The summed E-state index contributed by atoms with van der Waals surface area (Å²) in [4.78, 5) is 10.8. The maximum atomic E-state index is 15.7. The number of carbonyl (C=O) groups is 1. The molecule has 0 spiro atoms. The summed E-state index contributed by atoms with van der Waals surface area (Å²) in [5, 5.41) is 19.9. The predicted molar refractivity (Wildman–Crippen MR) is 153 cm³/mol. The standard InChI is InChI=1S/C32H53FO7/c1-4-5-19-32(2,3)27(40-30-16-10-12-21-38-30)18-17-23-26(39-29-15-9-11-20-37-29)22-25(34)31(23)24(33)13-7-6-8-14-28(35)36/h7,13,17-18,23-27,29-31,34H,4-6,8-12,14-16,19-22H2,1-3H3,(H,35,36)/b13-7-,18-17+/t23-,24+,25-,26+,27+,29?,30?,31-/m0/s1. The summed E-state index contributed by atoms with van der Waals surface area (Å²) in [6, 6.07) is 0. The van der Waals surface area contributed by atoms with Crippen molar-refractivity contribution < 1.29 is 38.3 Å². The average molecular weight is 569 g/mol. The predicted octanol–water partition coefficient (Wildman–Crippen LogP) is 6.73. The van der Waals surface area contributed by atoms with Gasteiger partial charge in [0.05, 0.1) is 18.3 Å². The van der Waals surface area contributed by atoms with Crippen LogP contribution in [0.15, 0.2) is 24.3 Å². The van der Waals surface area contributed by atoms with Crippen LogP contribution >= 0.6 is 0 Å². The first-order valence-corrected chi connectivity index (χ1v) is 15.6. The second-order valence-corrected chi connectivity index (χ2v) is 12.4. The molecule has 7 nitrogen and oxygen atoms in total. The maximum absolute atomic E-state index is 15.7. The molecule has 230 valence electrons. The van der Waals surface area contributed by atoms with E-state index < -0.39 is 24.2 Å². The number of carboxylic acid groups (broad SMARTS) is 1. The number of carboxylic acids is 1. The number of aliphatic hydroxyl groups excluding tert-OH is 1. The fraction of sp³-hybridized carbons (Fsp3) is 0.844. The number of unbranched alkanes of at least 4 members (excludes halogenated alkanes) is 2. The first kappa shape index (κ1) is 33.2. The van der Waals surface area contributed by atoms with Crippen LogP contribution in [0.5, 0.6) is 0 Å². The van der Waals surface area contributed by atoms with E-state index in [9.17, 15) is 9.90 Å². The highest BCUT2D eigenvalue weighted by Gasteiger charge is 2.47. The Kier molecular flexibility index (Phi) is 14.1. The van der Waals surface area contributed by atoms with Gasteiger partial charge >= 0.3 is 5.97 Å². The normalized spacial score (nSPS) is 31.6. The average Bonchev–Trinajstić information content (AvgIpc) is 3.24. The first-order valence-electron chi connectivity index (χ1n) is 15.6. The van der Waals surface area contributed by atoms with E-state index in [-0.39, 0.29) is 42.5 Å². The monoisotopic (exact) mass is 568 g/mol. The number of aliphatic hydroxyl groups is 1. The van der Waals surface area contributed by atoms with Crippen molar-refractivity contribution in [3.05, 3.63) is 24.3 Å². The van der Waals surface area contributed by atoms with E-state index in [1.165, 1.54) is 6.08 Å². The van der Waals surface area contributed by atoms with Crippen molar-refractivity contribution in [3.8, 4) is 0 Å². The number of ether oxygens (including phenoxy) is 4. The smallest absolute Gasteiger partial charge is 0.303 e. The molecule has 0 aromatic carbocycles. The molecule has 1 saturated carbocycles. The highest BCUT2D eigenvalue weighted by atomic mass is 19.1. The third kappa shape index (κ3) is 10.5. The van der Waals surface area contributed by atoms with Crippen LogP contribution in [-0.2, 0) is 23.7 Å². The Morgan fingerprint density at radius 3 is 2.40 bits per heavy atom. The molecule has 0 amide bonds. The van der Waals surface area contributed by atoms with Crippen molar-refractivity contribution in [1.82, 2.24) is 0 Å². The van der Waals surface area contributed by atoms with E-state index in [0.29, 0.717) is 32.5 Å². The van der Waals surface area contributed by atoms with Crippen LogP contribution in [0.3, 0.4) is 0 Å². The second-order valence-electron chi connectivity index (χ2n) is 12.4. The van der Waals surface area contributed by atoms with Gasteiger partial charge in [0, 0.05) is 37.9 Å². The SMILES string of the molecule is CCCCC(C)(C)[C@@H](/C=C/[C@@H]1[C@@H]([C@H](F)/C=C\CCCC(=O)O)[C@@H](O)C[C@H]1OC1CCCCO1)OC1CCCCO1. The lowest BCUT2D eigenvalue weighted by Gasteiger charge is -2.37. The van der Waals surface area contributed by atoms with Gasteiger partial charge in [0.15, 0.2) is 12.6 Å². The van der Waals surface area contributed by atoms with Gasteiger partial charge in [0.2, 0.25) is 0 Å². The van der Waals surface area contributed by atoms with Gasteiger partial charge in [-0.05, 0) is 63.2 Å². The van der Waals surface area contributed by atoms with E-state index >= 15 is 4.39 Å². The Morgan fingerprint density at radius 1 is 1.07 bits per heavy atom. The van der Waals surface area contributed by atoms with Gasteiger partial charge in [-0.3, -0.25) is 4.79 Å². The Balaban J connectivity index is 1.80. The van der Waals surface area contributed by atoms with Crippen LogP contribution in [-0.4, -0.2) is 66.5 Å². The van der Waals surface area contributed by atoms with Crippen molar-refractivity contribution in [2.75, 3.05) is 13.2 Å². The summed E-state index contributed by atoms with van der Waals surface area (Å²) in [5.74, 6) is -1.89. The molecule has 8 atom stereocenters. The van der Waals surface area contributed by atoms with E-state index in [4.69, 9.17) is 24.1 Å². The topological polar surface area (TPSA) is 94.5 Å². The van der Waals surface area contributed by atoms with Crippen molar-refractivity contribution in [3.63, 3.8) is 0 Å². The second kappa shape index (κ2) is 17.0. The van der Waals surface area contributed by atoms with E-state index in [0.717, 1.165) is 57.8 Å². The Labute approximate surface area is 240 Å². The van der Waals surface area contributed by atoms with Crippen molar-refractivity contribution in [2.45, 2.75) is 141 Å². The first-order chi connectivity index (χ1) is 19.2. The number of hydrogen-bond acceptors (Lipinski definition) is 6. The van der Waals surface area contributed by atoms with Crippen LogP contribution in [0, 0.1) is 17.3 Å². The molecule has 0 aromatic rings. The molecule has 0 bridgehead atoms. The Hall–Kier alpha value is -1.32. The summed E-state index contributed by atoms with van der Waals surface area (Å²) in [6.45, 7) is 7.96. The third-order valence-electron chi connectivity index (χ3n) is 8.59. The van der Waals surface area contributed by atoms with Crippen LogP contribution in [0.1, 0.15) is 104 Å². The van der Waals surface area contributed by atoms with Crippen LogP contribution in [0.4, 0.5) is 4.39 Å². The summed E-state index contributed by atoms with van der Waals surface area (Å²) in [5.41, 5.74) is -0.151. The molecular formula is C32H53FO7. The minimum atomic E-state index is -1.38. The van der Waals surface area contributed by atoms with Crippen molar-refractivity contribution in [1.29, 1.82) is 0 Å². The van der Waals surface area contributed by atoms with Crippen LogP contribution < -0.4 is 0 Å². The number of hydrogen-bond donors (Lipinski definition) is 2. The van der Waals surface area contributed by atoms with Crippen molar-refractivity contribution in [2.24, 2.45) is 17.3 Å². The van der Waals surface area contributed by atoms with E-state index in [1.807, 2.05) is 6.08 Å². The van der Waals surface area contributed by atoms with Gasteiger partial charge in [0.1, 0.15) is 6.17 Å². The quantitative estimate of drug-likeness (QED) is 0.157. The zero-order valence-corrected chi connectivity index (χ0v) is 24.8. The number of halogens is 1. The fourth-order valence-corrected chi connectivity index (χ4v) is 6.09. The largest absolute Gasteiger partial charge is 0.481 e. The number of aliphatic carboxylic acids is 1. The molecule has 2 heterocycles. The molecule has 0 aromatic heterocycles. The van der Waals surface area contributed by atoms with Gasteiger partial charge in [-0.1, -0.05) is 57.9 Å².